The van der Waals surface area contributed by atoms with Crippen molar-refractivity contribution < 1.29 is 9.47 Å². The number of aromatic nitrogens is 4. The second-order valence-electron chi connectivity index (χ2n) is 7.61. The van der Waals surface area contributed by atoms with E-state index in [-0.39, 0.29) is 10.5 Å². The fourth-order valence-corrected chi connectivity index (χ4v) is 3.87. The topological polar surface area (TPSA) is 124 Å². The number of anilines is 1. The number of aryl methyl sites for hydroxylation is 2. The smallest absolute Gasteiger partial charge is 0.229 e. The van der Waals surface area contributed by atoms with Gasteiger partial charge in [0.15, 0.2) is 5.65 Å². The minimum atomic E-state index is 0.0765. The summed E-state index contributed by atoms with van der Waals surface area (Å²) in [7, 11) is 0. The van der Waals surface area contributed by atoms with Crippen molar-refractivity contribution in [3.05, 3.63) is 23.5 Å². The van der Waals surface area contributed by atoms with Crippen LogP contribution in [-0.4, -0.2) is 43.2 Å². The van der Waals surface area contributed by atoms with Gasteiger partial charge in [-0.1, -0.05) is 0 Å². The summed E-state index contributed by atoms with van der Waals surface area (Å²) < 4.78 is 12.9. The maximum absolute atomic E-state index is 7.71. The standard InChI is InChI=1S/C12H14BrN7O.C7H12O/c1-6-7-5-16-12-17-8(9(13)14)10(15)21-4-2-3-20(19-6)11(7)18-12;1-2-6-8-7(3-1)4-5-7/h5,14H,2-4,15H2,1H3,(H,16,17,18);1-6H2/b10-8-,14-9?;. The van der Waals surface area contributed by atoms with Crippen molar-refractivity contribution in [2.24, 2.45) is 5.73 Å². The number of nitrogens with zero attached hydrogens (tertiary/aromatic N) is 4. The lowest BCUT2D eigenvalue weighted by Crippen LogP contribution is -2.19. The summed E-state index contributed by atoms with van der Waals surface area (Å²) in [6, 6.07) is 0. The third-order valence-electron chi connectivity index (χ3n) is 5.39. The highest BCUT2D eigenvalue weighted by atomic mass is 79.9. The molecule has 2 fully saturated rings. The van der Waals surface area contributed by atoms with Gasteiger partial charge in [-0.3, -0.25) is 5.41 Å². The minimum Gasteiger partial charge on any atom is -0.478 e. The Morgan fingerprint density at radius 2 is 2.10 bits per heavy atom. The summed E-state index contributed by atoms with van der Waals surface area (Å²) in [5.74, 6) is 0.479. The second kappa shape index (κ2) is 8.27. The van der Waals surface area contributed by atoms with E-state index in [4.69, 9.17) is 20.6 Å². The molecule has 2 bridgehead atoms. The Hall–Kier alpha value is -2.20. The number of ether oxygens (including phenoxy) is 2. The molecule has 1 saturated heterocycles. The van der Waals surface area contributed by atoms with Crippen LogP contribution in [-0.2, 0) is 16.0 Å². The molecule has 156 valence electrons. The number of halogens is 1. The molecule has 9 nitrogen and oxygen atoms in total. The zero-order valence-corrected chi connectivity index (χ0v) is 18.1. The Kier molecular flexibility index (Phi) is 5.73. The fourth-order valence-electron chi connectivity index (χ4n) is 3.57. The lowest BCUT2D eigenvalue weighted by Gasteiger charge is -2.21. The molecule has 4 N–H and O–H groups in total. The van der Waals surface area contributed by atoms with Crippen LogP contribution in [0.15, 0.2) is 17.8 Å². The molecule has 2 aromatic rings. The van der Waals surface area contributed by atoms with Crippen LogP contribution < -0.4 is 11.1 Å². The predicted molar refractivity (Wildman–Crippen MR) is 114 cm³/mol. The first-order chi connectivity index (χ1) is 14.0. The van der Waals surface area contributed by atoms with Gasteiger partial charge in [0.25, 0.3) is 0 Å². The maximum Gasteiger partial charge on any atom is 0.229 e. The van der Waals surface area contributed by atoms with E-state index in [0.717, 1.165) is 29.8 Å². The average molecular weight is 464 g/mol. The molecule has 1 aliphatic carbocycles. The Balaban J connectivity index is 0.000000211. The summed E-state index contributed by atoms with van der Waals surface area (Å²) in [5.41, 5.74) is 8.23. The van der Waals surface area contributed by atoms with Gasteiger partial charge in [0, 0.05) is 25.8 Å². The number of rotatable bonds is 1. The van der Waals surface area contributed by atoms with Crippen LogP contribution >= 0.6 is 15.9 Å². The Labute approximate surface area is 177 Å². The van der Waals surface area contributed by atoms with Crippen molar-refractivity contribution in [1.29, 1.82) is 5.41 Å². The summed E-state index contributed by atoms with van der Waals surface area (Å²) in [5, 5.41) is 16.0. The van der Waals surface area contributed by atoms with Crippen molar-refractivity contribution in [3.8, 4) is 0 Å². The van der Waals surface area contributed by atoms with Gasteiger partial charge in [0.05, 0.1) is 23.3 Å². The molecule has 0 amide bonds. The van der Waals surface area contributed by atoms with E-state index >= 15 is 0 Å². The van der Waals surface area contributed by atoms with Gasteiger partial charge < -0.3 is 20.5 Å². The molecule has 5 rings (SSSR count). The molecule has 0 atom stereocenters. The molecule has 10 heteroatoms. The Morgan fingerprint density at radius 3 is 2.76 bits per heavy atom. The highest BCUT2D eigenvalue weighted by molar-refractivity contribution is 9.18. The summed E-state index contributed by atoms with van der Waals surface area (Å²) in [6.07, 6.45) is 9.17. The fraction of sp³-hybridized carbons (Fsp3) is 0.579. The molecule has 2 aromatic heterocycles. The zero-order chi connectivity index (χ0) is 20.4. The third-order valence-corrected chi connectivity index (χ3v) is 5.79. The van der Waals surface area contributed by atoms with Crippen molar-refractivity contribution in [3.63, 3.8) is 0 Å². The van der Waals surface area contributed by atoms with E-state index < -0.39 is 0 Å². The van der Waals surface area contributed by atoms with Crippen LogP contribution in [0.5, 0.6) is 0 Å². The molecular weight excluding hydrogens is 438 g/mol. The van der Waals surface area contributed by atoms with Gasteiger partial charge in [-0.15, -0.1) is 0 Å². The van der Waals surface area contributed by atoms with E-state index in [1.807, 2.05) is 11.6 Å². The Morgan fingerprint density at radius 1 is 1.28 bits per heavy atom. The number of hydrogen-bond acceptors (Lipinski definition) is 8. The number of nitrogens with two attached hydrogens (primary N) is 1. The van der Waals surface area contributed by atoms with Crippen LogP contribution in [0.1, 0.15) is 44.2 Å². The lowest BCUT2D eigenvalue weighted by molar-refractivity contribution is -0.00394. The van der Waals surface area contributed by atoms with Crippen LogP contribution in [0.4, 0.5) is 5.95 Å². The maximum atomic E-state index is 7.71. The number of fused-ring (bicyclic) bond motifs is 1. The summed E-state index contributed by atoms with van der Waals surface area (Å²) in [6.45, 7) is 4.06. The van der Waals surface area contributed by atoms with Gasteiger partial charge in [0.2, 0.25) is 11.8 Å². The van der Waals surface area contributed by atoms with Crippen molar-refractivity contribution in [2.75, 3.05) is 18.5 Å². The SMILES string of the molecule is C1CCC2(CC2)OC1.Cc1nn2c3nc(ncc13)N/C(C(=N)Br)=C(/N)OCCC2. The van der Waals surface area contributed by atoms with Crippen molar-refractivity contribution in [1.82, 2.24) is 19.7 Å². The molecule has 0 aromatic carbocycles. The summed E-state index contributed by atoms with van der Waals surface area (Å²) in [4.78, 5) is 8.70. The van der Waals surface area contributed by atoms with E-state index in [1.54, 1.807) is 6.20 Å². The van der Waals surface area contributed by atoms with Gasteiger partial charge in [-0.2, -0.15) is 10.1 Å². The first-order valence-electron chi connectivity index (χ1n) is 9.96. The first-order valence-corrected chi connectivity index (χ1v) is 10.7. The van der Waals surface area contributed by atoms with Gasteiger partial charge >= 0.3 is 0 Å². The van der Waals surface area contributed by atoms with Crippen molar-refractivity contribution in [2.45, 2.75) is 57.6 Å². The van der Waals surface area contributed by atoms with E-state index in [9.17, 15) is 0 Å². The quantitative estimate of drug-likeness (QED) is 0.554. The largest absolute Gasteiger partial charge is 0.478 e. The summed E-state index contributed by atoms with van der Waals surface area (Å²) >= 11 is 3.09. The van der Waals surface area contributed by atoms with Gasteiger partial charge in [-0.25, -0.2) is 9.67 Å². The zero-order valence-electron chi connectivity index (χ0n) is 16.5. The van der Waals surface area contributed by atoms with Gasteiger partial charge in [-0.05, 0) is 55.0 Å². The van der Waals surface area contributed by atoms with Crippen molar-refractivity contribution >= 4 is 37.5 Å². The number of allylic oxidation sites excluding steroid dienone is 1. The van der Waals surface area contributed by atoms with E-state index in [2.05, 4.69) is 36.3 Å². The van der Waals surface area contributed by atoms with Crippen LogP contribution in [0.2, 0.25) is 0 Å². The highest BCUT2D eigenvalue weighted by Crippen LogP contribution is 2.45. The Bertz CT molecular complexity index is 943. The molecule has 3 aliphatic rings. The molecule has 0 radical (unpaired) electrons. The molecule has 29 heavy (non-hydrogen) atoms. The van der Waals surface area contributed by atoms with Crippen LogP contribution in [0, 0.1) is 12.3 Å². The highest BCUT2D eigenvalue weighted by Gasteiger charge is 2.44. The average Bonchev–Trinajstić information content (AvgIpc) is 3.38. The number of nitrogens with one attached hydrogen (secondary N) is 2. The molecule has 1 spiro atoms. The van der Waals surface area contributed by atoms with Crippen LogP contribution in [0.25, 0.3) is 11.0 Å². The molecule has 1 saturated carbocycles. The monoisotopic (exact) mass is 463 g/mol. The predicted octanol–water partition coefficient (Wildman–Crippen LogP) is 3.19. The van der Waals surface area contributed by atoms with Gasteiger partial charge in [0.1, 0.15) is 10.3 Å². The van der Waals surface area contributed by atoms with E-state index in [0.29, 0.717) is 30.4 Å². The molecule has 2 aliphatic heterocycles. The molecule has 4 heterocycles. The second-order valence-corrected chi connectivity index (χ2v) is 8.40. The van der Waals surface area contributed by atoms with E-state index in [1.165, 1.54) is 32.1 Å². The molecular formula is C19H26BrN7O2. The third kappa shape index (κ3) is 4.53. The normalized spacial score (nSPS) is 22.8. The number of hydrogen-bond donors (Lipinski definition) is 3. The van der Waals surface area contributed by atoms with Crippen LogP contribution in [0.3, 0.4) is 0 Å². The lowest BCUT2D eigenvalue weighted by atomic mass is 10.1. The minimum absolute atomic E-state index is 0.0765. The first kappa shape index (κ1) is 20.1. The molecule has 0 unspecified atom stereocenters.